The second-order valence-electron chi connectivity index (χ2n) is 7.93. The number of piperazine rings is 1. The molecule has 1 N–H and O–H groups in total. The van der Waals surface area contributed by atoms with Crippen molar-refractivity contribution in [3.8, 4) is 11.1 Å². The van der Waals surface area contributed by atoms with E-state index in [1.54, 1.807) is 0 Å². The van der Waals surface area contributed by atoms with E-state index in [2.05, 4.69) is 39.6 Å². The van der Waals surface area contributed by atoms with E-state index in [1.807, 2.05) is 53.4 Å². The lowest BCUT2D eigenvalue weighted by Gasteiger charge is -2.34. The van der Waals surface area contributed by atoms with Crippen LogP contribution in [0.3, 0.4) is 0 Å². The van der Waals surface area contributed by atoms with Crippen molar-refractivity contribution >= 4 is 34.4 Å². The fourth-order valence-corrected chi connectivity index (χ4v) is 4.14. The summed E-state index contributed by atoms with van der Waals surface area (Å²) in [7, 11) is 0. The molecule has 0 radical (unpaired) electrons. The summed E-state index contributed by atoms with van der Waals surface area (Å²) in [6, 6.07) is 23.8. The van der Waals surface area contributed by atoms with Crippen molar-refractivity contribution in [3.05, 3.63) is 83.4 Å². The Hall–Kier alpha value is -3.35. The normalized spacial score (nSPS) is 14.6. The Morgan fingerprint density at radius 3 is 2.53 bits per heavy atom. The van der Waals surface area contributed by atoms with Crippen LogP contribution in [0.1, 0.15) is 5.56 Å². The van der Waals surface area contributed by atoms with E-state index in [1.165, 1.54) is 11.1 Å². The highest BCUT2D eigenvalue weighted by molar-refractivity contribution is 6.30. The fourth-order valence-electron chi connectivity index (χ4n) is 4.02. The van der Waals surface area contributed by atoms with Gasteiger partial charge in [0.2, 0.25) is 0 Å². The van der Waals surface area contributed by atoms with E-state index < -0.39 is 0 Å². The third-order valence-electron chi connectivity index (χ3n) is 5.77. The van der Waals surface area contributed by atoms with Crippen LogP contribution in [-0.4, -0.2) is 47.2 Å². The summed E-state index contributed by atoms with van der Waals surface area (Å²) in [6.07, 6.45) is 0. The summed E-state index contributed by atoms with van der Waals surface area (Å²) in [5.74, 6) is 0.465. The maximum absolute atomic E-state index is 12.7. The molecular weight excluding hydrogens is 424 g/mol. The third kappa shape index (κ3) is 4.47. The highest BCUT2D eigenvalue weighted by Crippen LogP contribution is 2.24. The van der Waals surface area contributed by atoms with E-state index in [4.69, 9.17) is 16.1 Å². The summed E-state index contributed by atoms with van der Waals surface area (Å²) in [4.78, 5) is 16.9. The number of halogens is 1. The van der Waals surface area contributed by atoms with Crippen molar-refractivity contribution in [2.75, 3.05) is 31.5 Å². The van der Waals surface area contributed by atoms with Crippen molar-refractivity contribution in [2.45, 2.75) is 6.54 Å². The van der Waals surface area contributed by atoms with Gasteiger partial charge in [0.25, 0.3) is 0 Å². The molecule has 0 aliphatic carbocycles. The van der Waals surface area contributed by atoms with Gasteiger partial charge in [0.05, 0.1) is 5.39 Å². The molecular formula is C25H23ClN4O2. The number of para-hydroxylation sites is 1. The van der Waals surface area contributed by atoms with Gasteiger partial charge >= 0.3 is 6.03 Å². The van der Waals surface area contributed by atoms with Gasteiger partial charge in [-0.3, -0.25) is 10.2 Å². The third-order valence-corrected chi connectivity index (χ3v) is 6.02. The van der Waals surface area contributed by atoms with Gasteiger partial charge in [0, 0.05) is 37.7 Å². The first-order chi connectivity index (χ1) is 15.7. The minimum atomic E-state index is -0.145. The van der Waals surface area contributed by atoms with Crippen LogP contribution >= 0.6 is 11.6 Å². The molecule has 3 aromatic carbocycles. The van der Waals surface area contributed by atoms with Gasteiger partial charge in [-0.15, -0.1) is 0 Å². The number of aromatic nitrogens is 1. The number of rotatable bonds is 4. The highest BCUT2D eigenvalue weighted by Gasteiger charge is 2.22. The van der Waals surface area contributed by atoms with Crippen molar-refractivity contribution < 1.29 is 9.32 Å². The Balaban J connectivity index is 1.18. The number of nitrogens with one attached hydrogen (secondary N) is 1. The van der Waals surface area contributed by atoms with Gasteiger partial charge < -0.3 is 9.42 Å². The van der Waals surface area contributed by atoms with E-state index in [9.17, 15) is 4.79 Å². The Kier molecular flexibility index (Phi) is 5.79. The lowest BCUT2D eigenvalue weighted by atomic mass is 10.0. The smallest absolute Gasteiger partial charge is 0.323 e. The molecule has 0 unspecified atom stereocenters. The molecule has 0 spiro atoms. The maximum atomic E-state index is 12.7. The number of nitrogens with zero attached hydrogens (tertiary/aromatic N) is 3. The van der Waals surface area contributed by atoms with Gasteiger partial charge in [-0.25, -0.2) is 4.79 Å². The maximum Gasteiger partial charge on any atom is 0.323 e. The van der Waals surface area contributed by atoms with Crippen LogP contribution in [0.2, 0.25) is 5.02 Å². The number of hydrogen-bond acceptors (Lipinski definition) is 4. The SMILES string of the molecule is O=C(Nc1noc2ccccc12)N1CCN(Cc2cccc(-c3ccc(Cl)cc3)c2)CC1. The van der Waals surface area contributed by atoms with Crippen LogP contribution in [0, 0.1) is 0 Å². The number of fused-ring (bicyclic) bond motifs is 1. The largest absolute Gasteiger partial charge is 0.354 e. The lowest BCUT2D eigenvalue weighted by molar-refractivity contribution is 0.143. The number of amides is 2. The summed E-state index contributed by atoms with van der Waals surface area (Å²) in [5.41, 5.74) is 4.24. The molecule has 6 nitrogen and oxygen atoms in total. The fraction of sp³-hybridized carbons (Fsp3) is 0.200. The number of hydrogen-bond donors (Lipinski definition) is 1. The Morgan fingerprint density at radius 1 is 0.938 bits per heavy atom. The Labute approximate surface area is 191 Å². The van der Waals surface area contributed by atoms with Crippen molar-refractivity contribution in [1.29, 1.82) is 0 Å². The predicted octanol–water partition coefficient (Wildman–Crippen LogP) is 5.50. The van der Waals surface area contributed by atoms with Gasteiger partial charge in [-0.2, -0.15) is 0 Å². The van der Waals surface area contributed by atoms with Gasteiger partial charge in [0.15, 0.2) is 11.4 Å². The van der Waals surface area contributed by atoms with Crippen LogP contribution < -0.4 is 5.32 Å². The molecule has 32 heavy (non-hydrogen) atoms. The molecule has 0 atom stereocenters. The van der Waals surface area contributed by atoms with Crippen LogP contribution in [-0.2, 0) is 6.54 Å². The molecule has 162 valence electrons. The van der Waals surface area contributed by atoms with Crippen molar-refractivity contribution in [3.63, 3.8) is 0 Å². The molecule has 0 saturated carbocycles. The summed E-state index contributed by atoms with van der Waals surface area (Å²) < 4.78 is 5.27. The lowest BCUT2D eigenvalue weighted by Crippen LogP contribution is -2.49. The first-order valence-corrected chi connectivity index (χ1v) is 11.0. The van der Waals surface area contributed by atoms with Gasteiger partial charge in [-0.05, 0) is 47.0 Å². The molecule has 2 amide bonds. The average Bonchev–Trinajstić information content (AvgIpc) is 3.23. The van der Waals surface area contributed by atoms with Crippen molar-refractivity contribution in [1.82, 2.24) is 15.0 Å². The number of benzene rings is 3. The van der Waals surface area contributed by atoms with Gasteiger partial charge in [-0.1, -0.05) is 59.2 Å². The second kappa shape index (κ2) is 9.02. The van der Waals surface area contributed by atoms with E-state index in [0.29, 0.717) is 24.5 Å². The molecule has 1 fully saturated rings. The van der Waals surface area contributed by atoms with E-state index in [0.717, 1.165) is 35.6 Å². The Morgan fingerprint density at radius 2 is 1.72 bits per heavy atom. The minimum Gasteiger partial charge on any atom is -0.354 e. The number of carbonyl (C=O) groups excluding carboxylic acids is 1. The molecule has 2 heterocycles. The summed E-state index contributed by atoms with van der Waals surface area (Å²) in [6.45, 7) is 3.82. The summed E-state index contributed by atoms with van der Waals surface area (Å²) in [5, 5.41) is 8.42. The van der Waals surface area contributed by atoms with Crippen molar-refractivity contribution in [2.24, 2.45) is 0 Å². The molecule has 4 aromatic rings. The van der Waals surface area contributed by atoms with Crippen LogP contribution in [0.4, 0.5) is 10.6 Å². The summed E-state index contributed by atoms with van der Waals surface area (Å²) >= 11 is 6.01. The van der Waals surface area contributed by atoms with E-state index in [-0.39, 0.29) is 6.03 Å². The van der Waals surface area contributed by atoms with Gasteiger partial charge in [0.1, 0.15) is 0 Å². The first kappa shape index (κ1) is 20.5. The minimum absolute atomic E-state index is 0.145. The number of urea groups is 1. The first-order valence-electron chi connectivity index (χ1n) is 10.6. The molecule has 7 heteroatoms. The zero-order valence-electron chi connectivity index (χ0n) is 17.5. The van der Waals surface area contributed by atoms with Crippen LogP contribution in [0.25, 0.3) is 22.1 Å². The van der Waals surface area contributed by atoms with E-state index >= 15 is 0 Å². The topological polar surface area (TPSA) is 61.6 Å². The molecule has 1 saturated heterocycles. The quantitative estimate of drug-likeness (QED) is 0.449. The zero-order chi connectivity index (χ0) is 21.9. The van der Waals surface area contributed by atoms with Crippen LogP contribution in [0.5, 0.6) is 0 Å². The molecule has 1 aliphatic rings. The zero-order valence-corrected chi connectivity index (χ0v) is 18.3. The monoisotopic (exact) mass is 446 g/mol. The predicted molar refractivity (Wildman–Crippen MR) is 127 cm³/mol. The Bertz CT molecular complexity index is 1230. The molecule has 1 aliphatic heterocycles. The molecule has 1 aromatic heterocycles. The molecule has 5 rings (SSSR count). The number of anilines is 1. The van der Waals surface area contributed by atoms with Crippen LogP contribution in [0.15, 0.2) is 77.3 Å². The molecule has 0 bridgehead atoms. The second-order valence-corrected chi connectivity index (χ2v) is 8.36. The average molecular weight is 447 g/mol. The highest BCUT2D eigenvalue weighted by atomic mass is 35.5. The number of carbonyl (C=O) groups is 1. The standard InChI is InChI=1S/C25H23ClN4O2/c26-21-10-8-19(9-11-21)20-5-3-4-18(16-20)17-29-12-14-30(15-13-29)25(31)27-24-22-6-1-2-7-23(22)32-28-24/h1-11,16H,12-15,17H2,(H,27,28,31).